The van der Waals surface area contributed by atoms with Crippen LogP contribution < -0.4 is 11.1 Å². The highest BCUT2D eigenvalue weighted by Crippen LogP contribution is 2.38. The highest BCUT2D eigenvalue weighted by molar-refractivity contribution is 5.73. The molecule has 0 aromatic heterocycles. The number of carbonyl (C=O) groups is 1. The summed E-state index contributed by atoms with van der Waals surface area (Å²) in [6, 6.07) is 6.42. The number of anilines is 1. The smallest absolute Gasteiger partial charge is 0.320 e. The summed E-state index contributed by atoms with van der Waals surface area (Å²) in [5.41, 5.74) is 7.24. The minimum Gasteiger partial charge on any atom is -0.480 e. The summed E-state index contributed by atoms with van der Waals surface area (Å²) in [5.74, 6) is -1.34. The van der Waals surface area contributed by atoms with Crippen molar-refractivity contribution in [3.63, 3.8) is 0 Å². The third-order valence-corrected chi connectivity index (χ3v) is 2.96. The maximum absolute atomic E-state index is 10.7. The topological polar surface area (TPSA) is 105 Å². The normalized spacial score (nSPS) is 23.9. The van der Waals surface area contributed by atoms with Gasteiger partial charge in [0.05, 0.1) is 0 Å². The van der Waals surface area contributed by atoms with Crippen LogP contribution in [0.15, 0.2) is 24.3 Å². The Morgan fingerprint density at radius 2 is 2.24 bits per heavy atom. The lowest BCUT2D eigenvalue weighted by Crippen LogP contribution is -2.35. The molecule has 1 aliphatic heterocycles. The third-order valence-electron chi connectivity index (χ3n) is 2.96. The minimum absolute atomic E-state index is 0.199. The maximum atomic E-state index is 10.7. The van der Waals surface area contributed by atoms with Gasteiger partial charge in [-0.1, -0.05) is 18.2 Å². The number of benzene rings is 1. The lowest BCUT2D eigenvalue weighted by Gasteiger charge is -2.18. The molecular formula is C11H14N2O4. The van der Waals surface area contributed by atoms with E-state index in [1.54, 1.807) is 0 Å². The molecule has 6 heteroatoms. The van der Waals surface area contributed by atoms with E-state index in [4.69, 9.17) is 16.1 Å². The van der Waals surface area contributed by atoms with Crippen LogP contribution in [0, 0.1) is 0 Å². The van der Waals surface area contributed by atoms with Crippen molar-refractivity contribution >= 4 is 11.7 Å². The molecule has 1 aromatic carbocycles. The van der Waals surface area contributed by atoms with E-state index in [-0.39, 0.29) is 12.3 Å². The molecule has 1 heterocycles. The van der Waals surface area contributed by atoms with E-state index in [2.05, 4.69) is 10.2 Å². The van der Waals surface area contributed by atoms with Crippen molar-refractivity contribution in [2.24, 2.45) is 5.73 Å². The van der Waals surface area contributed by atoms with Crippen molar-refractivity contribution < 1.29 is 20.0 Å². The van der Waals surface area contributed by atoms with Gasteiger partial charge in [-0.15, -0.1) is 0 Å². The third kappa shape index (κ3) is 2.23. The van der Waals surface area contributed by atoms with E-state index in [0.717, 1.165) is 11.3 Å². The van der Waals surface area contributed by atoms with Crippen LogP contribution in [0.3, 0.4) is 0 Å². The monoisotopic (exact) mass is 238 g/mol. The molecule has 17 heavy (non-hydrogen) atoms. The fraction of sp³-hybridized carbons (Fsp3) is 0.364. The van der Waals surface area contributed by atoms with Crippen molar-refractivity contribution in [1.29, 1.82) is 0 Å². The van der Waals surface area contributed by atoms with Crippen LogP contribution in [-0.2, 0) is 9.68 Å². The van der Waals surface area contributed by atoms with E-state index in [0.29, 0.717) is 0 Å². The average Bonchev–Trinajstić information content (AvgIpc) is 2.67. The molecule has 0 saturated heterocycles. The molecule has 0 bridgehead atoms. The fourth-order valence-electron chi connectivity index (χ4n) is 2.09. The van der Waals surface area contributed by atoms with Gasteiger partial charge in [0, 0.05) is 11.6 Å². The van der Waals surface area contributed by atoms with Gasteiger partial charge in [0.2, 0.25) is 0 Å². The van der Waals surface area contributed by atoms with Crippen molar-refractivity contribution in [3.05, 3.63) is 29.8 Å². The second-order valence-electron chi connectivity index (χ2n) is 4.04. The number of hydrogen-bond acceptors (Lipinski definition) is 5. The molecule has 92 valence electrons. The van der Waals surface area contributed by atoms with Gasteiger partial charge in [-0.3, -0.25) is 4.79 Å². The van der Waals surface area contributed by atoms with E-state index >= 15 is 0 Å². The van der Waals surface area contributed by atoms with Crippen LogP contribution in [0.5, 0.6) is 0 Å². The average molecular weight is 238 g/mol. The molecule has 0 saturated carbocycles. The number of nitrogens with two attached hydrogens (primary N) is 1. The predicted octanol–water partition coefficient (Wildman–Crippen LogP) is 0.813. The summed E-state index contributed by atoms with van der Waals surface area (Å²) >= 11 is 0. The summed E-state index contributed by atoms with van der Waals surface area (Å²) in [6.07, 6.45) is -0.456. The van der Waals surface area contributed by atoms with E-state index in [1.165, 1.54) is 0 Å². The van der Waals surface area contributed by atoms with Crippen LogP contribution in [0.1, 0.15) is 17.9 Å². The lowest BCUT2D eigenvalue weighted by molar-refractivity contribution is -0.274. The Morgan fingerprint density at radius 3 is 2.88 bits per heavy atom. The highest BCUT2D eigenvalue weighted by atomic mass is 17.1. The largest absolute Gasteiger partial charge is 0.480 e. The number of para-hydroxylation sites is 1. The van der Waals surface area contributed by atoms with Gasteiger partial charge in [0.15, 0.2) is 6.23 Å². The summed E-state index contributed by atoms with van der Waals surface area (Å²) in [7, 11) is 0. The molecule has 2 rings (SSSR count). The Morgan fingerprint density at radius 1 is 1.53 bits per heavy atom. The van der Waals surface area contributed by atoms with Crippen molar-refractivity contribution in [1.82, 2.24) is 0 Å². The molecule has 0 amide bonds. The Kier molecular flexibility index (Phi) is 3.28. The first kappa shape index (κ1) is 11.8. The van der Waals surface area contributed by atoms with E-state index in [9.17, 15) is 4.79 Å². The molecule has 1 unspecified atom stereocenters. The van der Waals surface area contributed by atoms with Crippen LogP contribution in [-0.4, -0.2) is 28.6 Å². The first-order chi connectivity index (χ1) is 8.13. The fourth-order valence-corrected chi connectivity index (χ4v) is 2.09. The van der Waals surface area contributed by atoms with Crippen LogP contribution >= 0.6 is 0 Å². The number of nitrogens with one attached hydrogen (secondary N) is 1. The molecule has 0 radical (unpaired) electrons. The van der Waals surface area contributed by atoms with Crippen molar-refractivity contribution in [2.45, 2.75) is 24.6 Å². The molecule has 0 fully saturated rings. The number of rotatable bonds is 4. The van der Waals surface area contributed by atoms with Gasteiger partial charge in [-0.05, 0) is 18.1 Å². The molecule has 0 spiro atoms. The number of hydrogen-bond donors (Lipinski definition) is 4. The zero-order valence-corrected chi connectivity index (χ0v) is 9.04. The predicted molar refractivity (Wildman–Crippen MR) is 60.5 cm³/mol. The zero-order valence-electron chi connectivity index (χ0n) is 9.04. The van der Waals surface area contributed by atoms with Gasteiger partial charge in [-0.25, -0.2) is 10.1 Å². The van der Waals surface area contributed by atoms with Crippen molar-refractivity contribution in [2.75, 3.05) is 5.32 Å². The van der Waals surface area contributed by atoms with Crippen LogP contribution in [0.2, 0.25) is 0 Å². The van der Waals surface area contributed by atoms with Gasteiger partial charge in [0.1, 0.15) is 6.04 Å². The summed E-state index contributed by atoms with van der Waals surface area (Å²) in [6.45, 7) is 0. The van der Waals surface area contributed by atoms with E-state index < -0.39 is 18.2 Å². The van der Waals surface area contributed by atoms with Gasteiger partial charge >= 0.3 is 5.97 Å². The standard InChI is InChI=1S/C11H14N2O4/c12-8(11(14)15)5-7-6-3-1-2-4-9(6)13-10(7)17-16/h1-4,7-8,10,13,16H,5,12H2,(H,14,15)/t7-,8?,10-/m1/s1. The number of aliphatic carboxylic acids is 1. The molecule has 5 N–H and O–H groups in total. The Balaban J connectivity index is 2.21. The summed E-state index contributed by atoms with van der Waals surface area (Å²) in [5, 5.41) is 20.6. The molecule has 1 aliphatic rings. The second kappa shape index (κ2) is 4.70. The van der Waals surface area contributed by atoms with Crippen molar-refractivity contribution in [3.8, 4) is 0 Å². The molecule has 3 atom stereocenters. The SMILES string of the molecule is NC(C[C@@H]1c2ccccc2N[C@@H]1OO)C(=O)O. The Labute approximate surface area is 97.9 Å². The molecular weight excluding hydrogens is 224 g/mol. The quantitative estimate of drug-likeness (QED) is 0.457. The first-order valence-corrected chi connectivity index (χ1v) is 5.27. The Hall–Kier alpha value is -1.63. The Bertz CT molecular complexity index is 424. The summed E-state index contributed by atoms with van der Waals surface area (Å²) < 4.78 is 0. The summed E-state index contributed by atoms with van der Waals surface area (Å²) in [4.78, 5) is 15.1. The minimum atomic E-state index is -1.06. The molecule has 6 nitrogen and oxygen atoms in total. The zero-order chi connectivity index (χ0) is 12.4. The number of carboxylic acid groups (broad SMARTS) is 1. The maximum Gasteiger partial charge on any atom is 0.320 e. The number of fused-ring (bicyclic) bond motifs is 1. The number of carboxylic acids is 1. The van der Waals surface area contributed by atoms with Gasteiger partial charge in [0.25, 0.3) is 0 Å². The van der Waals surface area contributed by atoms with Gasteiger partial charge < -0.3 is 16.2 Å². The van der Waals surface area contributed by atoms with Gasteiger partial charge in [-0.2, -0.15) is 0 Å². The lowest BCUT2D eigenvalue weighted by atomic mass is 9.93. The molecule has 0 aliphatic carbocycles. The van der Waals surface area contributed by atoms with E-state index in [1.807, 2.05) is 24.3 Å². The second-order valence-corrected chi connectivity index (χ2v) is 4.04. The van der Waals surface area contributed by atoms with Crippen LogP contribution in [0.4, 0.5) is 5.69 Å². The molecule has 1 aromatic rings. The first-order valence-electron chi connectivity index (χ1n) is 5.27. The van der Waals surface area contributed by atoms with Crippen LogP contribution in [0.25, 0.3) is 0 Å². The highest BCUT2D eigenvalue weighted by Gasteiger charge is 2.35.